The van der Waals surface area contributed by atoms with Gasteiger partial charge in [0.05, 0.1) is 28.3 Å². The summed E-state index contributed by atoms with van der Waals surface area (Å²) in [5, 5.41) is 7.07. The SMILES string of the molecule is Cc1nn(-c2ccccc2)c(C)c1NC(=O)c1ccc(F)cc1F. The molecular weight excluding hydrogens is 312 g/mol. The van der Waals surface area contributed by atoms with Crippen molar-refractivity contribution in [3.8, 4) is 5.69 Å². The Hall–Kier alpha value is -3.02. The number of hydrogen-bond donors (Lipinski definition) is 1. The van der Waals surface area contributed by atoms with Crippen LogP contribution < -0.4 is 5.32 Å². The quantitative estimate of drug-likeness (QED) is 0.790. The van der Waals surface area contributed by atoms with Crippen molar-refractivity contribution >= 4 is 11.6 Å². The average Bonchev–Trinajstić information content (AvgIpc) is 2.83. The number of carbonyl (C=O) groups excluding carboxylic acids is 1. The second-order valence-corrected chi connectivity index (χ2v) is 5.37. The lowest BCUT2D eigenvalue weighted by Crippen LogP contribution is -2.15. The van der Waals surface area contributed by atoms with Crippen molar-refractivity contribution in [1.82, 2.24) is 9.78 Å². The molecular formula is C18H15F2N3O. The molecule has 24 heavy (non-hydrogen) atoms. The Labute approximate surface area is 137 Å². The maximum absolute atomic E-state index is 13.8. The highest BCUT2D eigenvalue weighted by Gasteiger charge is 2.18. The van der Waals surface area contributed by atoms with E-state index in [2.05, 4.69) is 10.4 Å². The number of hydrogen-bond acceptors (Lipinski definition) is 2. The minimum atomic E-state index is -0.904. The van der Waals surface area contributed by atoms with Crippen LogP contribution in [0.15, 0.2) is 48.5 Å². The van der Waals surface area contributed by atoms with Crippen LogP contribution in [-0.2, 0) is 0 Å². The zero-order chi connectivity index (χ0) is 17.3. The van der Waals surface area contributed by atoms with Crippen LogP contribution >= 0.6 is 0 Å². The molecule has 0 aliphatic heterocycles. The highest BCUT2D eigenvalue weighted by molar-refractivity contribution is 6.05. The molecule has 0 aliphatic rings. The molecule has 0 atom stereocenters. The van der Waals surface area contributed by atoms with Gasteiger partial charge in [-0.05, 0) is 38.1 Å². The van der Waals surface area contributed by atoms with E-state index in [1.165, 1.54) is 0 Å². The number of aromatic nitrogens is 2. The van der Waals surface area contributed by atoms with Crippen molar-refractivity contribution in [3.63, 3.8) is 0 Å². The smallest absolute Gasteiger partial charge is 0.258 e. The highest BCUT2D eigenvalue weighted by Crippen LogP contribution is 2.23. The van der Waals surface area contributed by atoms with E-state index in [1.54, 1.807) is 11.6 Å². The van der Waals surface area contributed by atoms with E-state index in [-0.39, 0.29) is 5.56 Å². The molecule has 0 spiro atoms. The van der Waals surface area contributed by atoms with Crippen LogP contribution in [-0.4, -0.2) is 15.7 Å². The largest absolute Gasteiger partial charge is 0.319 e. The summed E-state index contributed by atoms with van der Waals surface area (Å²) < 4.78 is 28.4. The van der Waals surface area contributed by atoms with Crippen molar-refractivity contribution in [2.24, 2.45) is 0 Å². The van der Waals surface area contributed by atoms with E-state index in [1.807, 2.05) is 37.3 Å². The lowest BCUT2D eigenvalue weighted by atomic mass is 10.2. The fourth-order valence-corrected chi connectivity index (χ4v) is 2.50. The predicted molar refractivity (Wildman–Crippen MR) is 87.3 cm³/mol. The number of benzene rings is 2. The van der Waals surface area contributed by atoms with Crippen LogP contribution in [0.1, 0.15) is 21.7 Å². The molecule has 2 aromatic carbocycles. The number of halogens is 2. The molecule has 0 aliphatic carbocycles. The number of amides is 1. The number of rotatable bonds is 3. The molecule has 0 fully saturated rings. The lowest BCUT2D eigenvalue weighted by molar-refractivity contribution is 0.102. The Morgan fingerprint density at radius 2 is 1.79 bits per heavy atom. The third-order valence-electron chi connectivity index (χ3n) is 3.71. The molecule has 3 aromatic rings. The molecule has 0 bridgehead atoms. The van der Waals surface area contributed by atoms with Gasteiger partial charge in [-0.15, -0.1) is 0 Å². The highest BCUT2D eigenvalue weighted by atomic mass is 19.1. The number of para-hydroxylation sites is 1. The minimum Gasteiger partial charge on any atom is -0.319 e. The summed E-state index contributed by atoms with van der Waals surface area (Å²) in [5.74, 6) is -2.28. The summed E-state index contributed by atoms with van der Waals surface area (Å²) in [6.45, 7) is 3.56. The van der Waals surface area contributed by atoms with Crippen LogP contribution in [0.3, 0.4) is 0 Å². The van der Waals surface area contributed by atoms with Crippen LogP contribution in [0, 0.1) is 25.5 Å². The van der Waals surface area contributed by atoms with Crippen LogP contribution in [0.25, 0.3) is 5.69 Å². The predicted octanol–water partition coefficient (Wildman–Crippen LogP) is 4.02. The molecule has 0 saturated carbocycles. The number of nitrogens with zero attached hydrogens (tertiary/aromatic N) is 2. The van der Waals surface area contributed by atoms with Gasteiger partial charge in [-0.3, -0.25) is 4.79 Å². The van der Waals surface area contributed by atoms with Gasteiger partial charge in [0.25, 0.3) is 5.91 Å². The zero-order valence-electron chi connectivity index (χ0n) is 13.2. The Kier molecular flexibility index (Phi) is 4.12. The molecule has 0 unspecified atom stereocenters. The third-order valence-corrected chi connectivity index (χ3v) is 3.71. The van der Waals surface area contributed by atoms with Crippen molar-refractivity contribution in [2.45, 2.75) is 13.8 Å². The molecule has 6 heteroatoms. The molecule has 0 saturated heterocycles. The van der Waals surface area contributed by atoms with E-state index in [9.17, 15) is 13.6 Å². The monoisotopic (exact) mass is 327 g/mol. The minimum absolute atomic E-state index is 0.220. The van der Waals surface area contributed by atoms with Gasteiger partial charge in [0.2, 0.25) is 0 Å². The molecule has 1 aromatic heterocycles. The molecule has 4 nitrogen and oxygen atoms in total. The summed E-state index contributed by atoms with van der Waals surface area (Å²) in [4.78, 5) is 12.3. The molecule has 1 heterocycles. The number of aryl methyl sites for hydroxylation is 1. The van der Waals surface area contributed by atoms with Crippen LogP contribution in [0.4, 0.5) is 14.5 Å². The Balaban J connectivity index is 1.93. The van der Waals surface area contributed by atoms with Crippen molar-refractivity contribution < 1.29 is 13.6 Å². The first-order chi connectivity index (χ1) is 11.5. The van der Waals surface area contributed by atoms with Gasteiger partial charge in [0, 0.05) is 6.07 Å². The maximum atomic E-state index is 13.8. The summed E-state index contributed by atoms with van der Waals surface area (Å²) >= 11 is 0. The molecule has 3 rings (SSSR count). The first kappa shape index (κ1) is 15.9. The Morgan fingerprint density at radius 1 is 1.08 bits per heavy atom. The van der Waals surface area contributed by atoms with Crippen LogP contribution in [0.5, 0.6) is 0 Å². The number of anilines is 1. The summed E-state index contributed by atoms with van der Waals surface area (Å²) in [6.07, 6.45) is 0. The first-order valence-electron chi connectivity index (χ1n) is 7.35. The van der Waals surface area contributed by atoms with Crippen molar-refractivity contribution in [3.05, 3.63) is 77.1 Å². The van der Waals surface area contributed by atoms with Crippen LogP contribution in [0.2, 0.25) is 0 Å². The fourth-order valence-electron chi connectivity index (χ4n) is 2.50. The van der Waals surface area contributed by atoms with Crippen molar-refractivity contribution in [2.75, 3.05) is 5.32 Å². The second kappa shape index (κ2) is 6.23. The van der Waals surface area contributed by atoms with E-state index >= 15 is 0 Å². The standard InChI is InChI=1S/C18H15F2N3O/c1-11-17(12(2)23(22-11)14-6-4-3-5-7-14)21-18(24)15-9-8-13(19)10-16(15)20/h3-10H,1-2H3,(H,21,24). The van der Waals surface area contributed by atoms with Gasteiger partial charge in [-0.2, -0.15) is 5.10 Å². The fraction of sp³-hybridized carbons (Fsp3) is 0.111. The normalized spacial score (nSPS) is 10.7. The van der Waals surface area contributed by atoms with Gasteiger partial charge in [0.15, 0.2) is 0 Å². The summed E-state index contributed by atoms with van der Waals surface area (Å²) in [7, 11) is 0. The van der Waals surface area contributed by atoms with Crippen molar-refractivity contribution in [1.29, 1.82) is 0 Å². The lowest BCUT2D eigenvalue weighted by Gasteiger charge is -2.08. The van der Waals surface area contributed by atoms with E-state index < -0.39 is 17.5 Å². The molecule has 1 N–H and O–H groups in total. The number of carbonyl (C=O) groups is 1. The third kappa shape index (κ3) is 2.90. The Bertz CT molecular complexity index is 904. The average molecular weight is 327 g/mol. The van der Waals surface area contributed by atoms with E-state index in [4.69, 9.17) is 0 Å². The Morgan fingerprint density at radius 3 is 2.46 bits per heavy atom. The number of nitrogens with one attached hydrogen (secondary N) is 1. The van der Waals surface area contributed by atoms with Gasteiger partial charge in [-0.1, -0.05) is 18.2 Å². The van der Waals surface area contributed by atoms with E-state index in [0.717, 1.165) is 23.5 Å². The maximum Gasteiger partial charge on any atom is 0.258 e. The molecule has 122 valence electrons. The van der Waals surface area contributed by atoms with Gasteiger partial charge in [-0.25, -0.2) is 13.5 Å². The summed E-state index contributed by atoms with van der Waals surface area (Å²) in [6, 6.07) is 12.3. The topological polar surface area (TPSA) is 46.9 Å². The van der Waals surface area contributed by atoms with Gasteiger partial charge >= 0.3 is 0 Å². The van der Waals surface area contributed by atoms with Gasteiger partial charge < -0.3 is 5.32 Å². The zero-order valence-corrected chi connectivity index (χ0v) is 13.2. The van der Waals surface area contributed by atoms with Gasteiger partial charge in [0.1, 0.15) is 11.6 Å². The van der Waals surface area contributed by atoms with E-state index in [0.29, 0.717) is 17.4 Å². The molecule has 1 amide bonds. The molecule has 0 radical (unpaired) electrons. The second-order valence-electron chi connectivity index (χ2n) is 5.37. The first-order valence-corrected chi connectivity index (χ1v) is 7.35. The summed E-state index contributed by atoms with van der Waals surface area (Å²) in [5.41, 5.74) is 2.46.